The number of esters is 3. The Morgan fingerprint density at radius 3 is 0.889 bits per heavy atom. The molecule has 0 unspecified atom stereocenters. The SMILES string of the molecule is CCCCCSCCCCC(=O)OCCn1c(=O)n(CCOC(=O)CCCCSCCCCC)c(=O)n(CCOC(=O)CCCCSCCCCC)c1=O. The van der Waals surface area contributed by atoms with E-state index in [1.807, 2.05) is 35.3 Å². The number of carbonyl (C=O) groups excluding carboxylic acids is 3. The molecule has 0 saturated heterocycles. The molecule has 0 aliphatic carbocycles. The highest BCUT2D eigenvalue weighted by molar-refractivity contribution is 7.99. The second-order valence-corrected chi connectivity index (χ2v) is 17.0. The molecule has 0 fully saturated rings. The molecular formula is C39H69N3O9S3. The molecule has 0 N–H and O–H groups in total. The summed E-state index contributed by atoms with van der Waals surface area (Å²) in [5.74, 6) is 5.04. The molecule has 0 aliphatic rings. The molecule has 312 valence electrons. The lowest BCUT2D eigenvalue weighted by Gasteiger charge is -2.14. The van der Waals surface area contributed by atoms with E-state index in [-0.39, 0.29) is 58.7 Å². The third kappa shape index (κ3) is 24.4. The van der Waals surface area contributed by atoms with Crippen molar-refractivity contribution in [1.29, 1.82) is 0 Å². The van der Waals surface area contributed by atoms with Crippen molar-refractivity contribution in [2.75, 3.05) is 54.3 Å². The van der Waals surface area contributed by atoms with Gasteiger partial charge in [-0.3, -0.25) is 14.4 Å². The normalized spacial score (nSPS) is 11.2. The second-order valence-electron chi connectivity index (χ2n) is 13.3. The van der Waals surface area contributed by atoms with Gasteiger partial charge in [0.05, 0.1) is 19.6 Å². The number of nitrogens with zero attached hydrogens (tertiary/aromatic N) is 3. The molecule has 1 aromatic rings. The number of thioether (sulfide) groups is 3. The maximum atomic E-state index is 13.4. The second kappa shape index (κ2) is 34.1. The van der Waals surface area contributed by atoms with Gasteiger partial charge in [0, 0.05) is 19.3 Å². The van der Waals surface area contributed by atoms with Gasteiger partial charge in [-0.2, -0.15) is 35.3 Å². The van der Waals surface area contributed by atoms with Crippen LogP contribution in [0.5, 0.6) is 0 Å². The lowest BCUT2D eigenvalue weighted by Crippen LogP contribution is -2.55. The summed E-state index contributed by atoms with van der Waals surface area (Å²) in [7, 11) is 0. The number of rotatable bonds is 36. The Labute approximate surface area is 336 Å². The summed E-state index contributed by atoms with van der Waals surface area (Å²) >= 11 is 5.65. The van der Waals surface area contributed by atoms with Crippen LogP contribution in [0.2, 0.25) is 0 Å². The first kappa shape index (κ1) is 49.9. The van der Waals surface area contributed by atoms with E-state index < -0.39 is 35.0 Å². The molecule has 0 bridgehead atoms. The summed E-state index contributed by atoms with van der Waals surface area (Å²) in [5, 5.41) is 0. The van der Waals surface area contributed by atoms with Crippen LogP contribution in [-0.4, -0.2) is 85.9 Å². The number of hydrogen-bond acceptors (Lipinski definition) is 12. The van der Waals surface area contributed by atoms with Crippen LogP contribution in [-0.2, 0) is 48.2 Å². The maximum absolute atomic E-state index is 13.4. The minimum absolute atomic E-state index is 0.226. The summed E-state index contributed by atoms with van der Waals surface area (Å²) in [5.41, 5.74) is -2.67. The molecule has 0 aliphatic heterocycles. The fourth-order valence-electron chi connectivity index (χ4n) is 5.31. The van der Waals surface area contributed by atoms with Gasteiger partial charge < -0.3 is 14.2 Å². The van der Waals surface area contributed by atoms with E-state index >= 15 is 0 Å². The zero-order valence-corrected chi connectivity index (χ0v) is 35.9. The van der Waals surface area contributed by atoms with Gasteiger partial charge in [0.1, 0.15) is 19.8 Å². The third-order valence-electron chi connectivity index (χ3n) is 8.55. The van der Waals surface area contributed by atoms with Crippen molar-refractivity contribution < 1.29 is 28.6 Å². The van der Waals surface area contributed by atoms with Gasteiger partial charge in [-0.15, -0.1) is 0 Å². The van der Waals surface area contributed by atoms with E-state index in [0.717, 1.165) is 67.5 Å². The molecule has 0 saturated carbocycles. The topological polar surface area (TPSA) is 145 Å². The van der Waals surface area contributed by atoms with Crippen molar-refractivity contribution >= 4 is 53.2 Å². The average Bonchev–Trinajstić information content (AvgIpc) is 3.15. The Morgan fingerprint density at radius 2 is 0.648 bits per heavy atom. The van der Waals surface area contributed by atoms with Crippen LogP contribution in [0, 0.1) is 0 Å². The highest BCUT2D eigenvalue weighted by Crippen LogP contribution is 2.12. The molecule has 0 amide bonds. The molecule has 0 spiro atoms. The van der Waals surface area contributed by atoms with Crippen molar-refractivity contribution in [3.8, 4) is 0 Å². The summed E-state index contributed by atoms with van der Waals surface area (Å²) < 4.78 is 18.5. The predicted molar refractivity (Wildman–Crippen MR) is 224 cm³/mol. The molecule has 12 nitrogen and oxygen atoms in total. The van der Waals surface area contributed by atoms with E-state index in [0.29, 0.717) is 19.3 Å². The average molecular weight is 820 g/mol. The third-order valence-corrected chi connectivity index (χ3v) is 12.0. The Kier molecular flexibility index (Phi) is 31.5. The Hall–Kier alpha value is -2.13. The van der Waals surface area contributed by atoms with Gasteiger partial charge in [-0.1, -0.05) is 59.3 Å². The monoisotopic (exact) mass is 819 g/mol. The first-order valence-corrected chi connectivity index (χ1v) is 23.9. The first-order chi connectivity index (χ1) is 26.3. The van der Waals surface area contributed by atoms with Crippen LogP contribution in [0.1, 0.15) is 136 Å². The van der Waals surface area contributed by atoms with Crippen molar-refractivity contribution in [2.45, 2.75) is 156 Å². The molecule has 15 heteroatoms. The Bertz CT molecular complexity index is 1150. The summed E-state index contributed by atoms with van der Waals surface area (Å²) in [4.78, 5) is 77.1. The largest absolute Gasteiger partial charge is 0.464 e. The number of carbonyl (C=O) groups is 3. The van der Waals surface area contributed by atoms with Crippen LogP contribution < -0.4 is 17.1 Å². The number of ether oxygens (including phenoxy) is 3. The van der Waals surface area contributed by atoms with Crippen LogP contribution in [0.4, 0.5) is 0 Å². The fourth-order valence-corrected chi connectivity index (χ4v) is 8.38. The molecule has 1 aromatic heterocycles. The van der Waals surface area contributed by atoms with E-state index in [2.05, 4.69) is 20.8 Å². The highest BCUT2D eigenvalue weighted by Gasteiger charge is 2.17. The highest BCUT2D eigenvalue weighted by atomic mass is 32.2. The van der Waals surface area contributed by atoms with E-state index in [4.69, 9.17) is 14.2 Å². The minimum atomic E-state index is -0.891. The zero-order chi connectivity index (χ0) is 39.7. The Morgan fingerprint density at radius 1 is 0.407 bits per heavy atom. The number of aromatic nitrogens is 3. The lowest BCUT2D eigenvalue weighted by molar-refractivity contribution is -0.144. The quantitative estimate of drug-likeness (QED) is 0.0388. The zero-order valence-electron chi connectivity index (χ0n) is 33.5. The Balaban J connectivity index is 2.76. The molecule has 0 atom stereocenters. The lowest BCUT2D eigenvalue weighted by atomic mass is 10.2. The van der Waals surface area contributed by atoms with Gasteiger partial charge >= 0.3 is 35.0 Å². The van der Waals surface area contributed by atoms with Crippen LogP contribution >= 0.6 is 35.3 Å². The van der Waals surface area contributed by atoms with Crippen LogP contribution in [0.3, 0.4) is 0 Å². The van der Waals surface area contributed by atoms with E-state index in [1.165, 1.54) is 57.8 Å². The van der Waals surface area contributed by atoms with Crippen molar-refractivity contribution in [3.63, 3.8) is 0 Å². The number of unbranched alkanes of at least 4 members (excludes halogenated alkanes) is 9. The fraction of sp³-hybridized carbons (Fsp3) is 0.846. The smallest absolute Gasteiger partial charge is 0.336 e. The number of hydrogen-bond donors (Lipinski definition) is 0. The van der Waals surface area contributed by atoms with Crippen LogP contribution in [0.15, 0.2) is 14.4 Å². The van der Waals surface area contributed by atoms with Gasteiger partial charge in [0.25, 0.3) is 0 Å². The minimum Gasteiger partial charge on any atom is -0.464 e. The molecule has 1 heterocycles. The van der Waals surface area contributed by atoms with Crippen molar-refractivity contribution in [2.24, 2.45) is 0 Å². The van der Waals surface area contributed by atoms with Crippen LogP contribution in [0.25, 0.3) is 0 Å². The van der Waals surface area contributed by atoms with Gasteiger partial charge in [0.15, 0.2) is 0 Å². The molecule has 1 rings (SSSR count). The summed E-state index contributed by atoms with van der Waals surface area (Å²) in [6, 6.07) is 0. The standard InChI is InChI=1S/C39H69N3O9S3/c1-4-7-13-28-52-31-16-10-19-34(43)49-25-22-40-37(46)41(23-26-50-35(44)20-11-17-32-53-29-14-8-5-2)39(48)42(38(40)47)24-27-51-36(45)21-12-18-33-54-30-15-9-6-3/h4-33H2,1-3H3. The van der Waals surface area contributed by atoms with Crippen molar-refractivity contribution in [1.82, 2.24) is 13.7 Å². The molecule has 0 radical (unpaired) electrons. The van der Waals surface area contributed by atoms with Gasteiger partial charge in [0.2, 0.25) is 0 Å². The van der Waals surface area contributed by atoms with E-state index in [9.17, 15) is 28.8 Å². The predicted octanol–water partition coefficient (Wildman–Crippen LogP) is 7.08. The first-order valence-electron chi connectivity index (χ1n) is 20.4. The summed E-state index contributed by atoms with van der Waals surface area (Å²) in [6.07, 6.45) is 16.3. The van der Waals surface area contributed by atoms with Gasteiger partial charge in [-0.05, 0) is 92.3 Å². The molecule has 54 heavy (non-hydrogen) atoms. The van der Waals surface area contributed by atoms with Gasteiger partial charge in [-0.25, -0.2) is 28.1 Å². The van der Waals surface area contributed by atoms with Crippen molar-refractivity contribution in [3.05, 3.63) is 31.5 Å². The summed E-state index contributed by atoms with van der Waals surface area (Å²) in [6.45, 7) is 5.07. The molecular weight excluding hydrogens is 751 g/mol. The maximum Gasteiger partial charge on any atom is 0.336 e. The van der Waals surface area contributed by atoms with E-state index in [1.54, 1.807) is 0 Å². The molecule has 0 aromatic carbocycles.